The van der Waals surface area contributed by atoms with Crippen molar-refractivity contribution >= 4 is 11.8 Å². The van der Waals surface area contributed by atoms with Crippen molar-refractivity contribution in [2.75, 3.05) is 39.9 Å². The normalized spacial score (nSPS) is 19.9. The van der Waals surface area contributed by atoms with Crippen LogP contribution >= 0.6 is 0 Å². The van der Waals surface area contributed by atoms with Gasteiger partial charge in [0.2, 0.25) is 11.8 Å². The number of rotatable bonds is 7. The summed E-state index contributed by atoms with van der Waals surface area (Å²) in [7, 11) is 1.64. The van der Waals surface area contributed by atoms with Crippen LogP contribution in [0.1, 0.15) is 25.7 Å². The number of piperidine rings is 1. The number of amides is 2. The molecule has 20 heavy (non-hydrogen) atoms. The van der Waals surface area contributed by atoms with E-state index in [4.69, 9.17) is 4.74 Å². The molecular formula is C14H25N3O3. The van der Waals surface area contributed by atoms with E-state index < -0.39 is 0 Å². The van der Waals surface area contributed by atoms with Gasteiger partial charge in [-0.25, -0.2) is 0 Å². The minimum absolute atomic E-state index is 0.0214. The number of likely N-dealkylation sites (tertiary alicyclic amines) is 1. The van der Waals surface area contributed by atoms with Crippen LogP contribution in [0.5, 0.6) is 0 Å². The largest absolute Gasteiger partial charge is 0.383 e. The maximum Gasteiger partial charge on any atom is 0.234 e. The number of ether oxygens (including phenoxy) is 1. The molecule has 114 valence electrons. The number of hydrogen-bond donors (Lipinski definition) is 2. The SMILES string of the molecule is COCCNCC(=O)NC1CCN(C(=O)C2CC2)CC1. The van der Waals surface area contributed by atoms with Crippen LogP contribution < -0.4 is 10.6 Å². The first-order valence-corrected chi connectivity index (χ1v) is 7.48. The molecule has 0 radical (unpaired) electrons. The van der Waals surface area contributed by atoms with Gasteiger partial charge in [0.25, 0.3) is 0 Å². The third kappa shape index (κ3) is 4.76. The lowest BCUT2D eigenvalue weighted by Gasteiger charge is -2.32. The molecule has 1 saturated carbocycles. The number of nitrogens with zero attached hydrogens (tertiary/aromatic N) is 1. The highest BCUT2D eigenvalue weighted by Crippen LogP contribution is 2.31. The van der Waals surface area contributed by atoms with Crippen molar-refractivity contribution in [2.24, 2.45) is 5.92 Å². The highest BCUT2D eigenvalue weighted by atomic mass is 16.5. The predicted octanol–water partition coefficient (Wildman–Crippen LogP) is -0.260. The molecule has 0 spiro atoms. The maximum absolute atomic E-state index is 11.9. The van der Waals surface area contributed by atoms with Crippen molar-refractivity contribution in [1.82, 2.24) is 15.5 Å². The Labute approximate surface area is 120 Å². The van der Waals surface area contributed by atoms with Gasteiger partial charge in [0, 0.05) is 38.7 Å². The Bertz CT molecular complexity index is 337. The van der Waals surface area contributed by atoms with Gasteiger partial charge in [-0.3, -0.25) is 9.59 Å². The van der Waals surface area contributed by atoms with Gasteiger partial charge in [-0.15, -0.1) is 0 Å². The van der Waals surface area contributed by atoms with E-state index in [0.29, 0.717) is 31.5 Å². The lowest BCUT2D eigenvalue weighted by Crippen LogP contribution is -2.48. The van der Waals surface area contributed by atoms with Crippen molar-refractivity contribution in [3.8, 4) is 0 Å². The maximum atomic E-state index is 11.9. The number of carbonyl (C=O) groups excluding carboxylic acids is 2. The first-order valence-electron chi connectivity index (χ1n) is 7.48. The topological polar surface area (TPSA) is 70.7 Å². The van der Waals surface area contributed by atoms with Gasteiger partial charge in [-0.2, -0.15) is 0 Å². The van der Waals surface area contributed by atoms with E-state index in [-0.39, 0.29) is 11.9 Å². The van der Waals surface area contributed by atoms with Crippen molar-refractivity contribution in [2.45, 2.75) is 31.7 Å². The highest BCUT2D eigenvalue weighted by molar-refractivity contribution is 5.81. The van der Waals surface area contributed by atoms with E-state index in [0.717, 1.165) is 38.8 Å². The fraction of sp³-hybridized carbons (Fsp3) is 0.857. The number of hydrogen-bond acceptors (Lipinski definition) is 4. The van der Waals surface area contributed by atoms with E-state index in [1.54, 1.807) is 7.11 Å². The van der Waals surface area contributed by atoms with Crippen LogP contribution in [0.4, 0.5) is 0 Å². The van der Waals surface area contributed by atoms with E-state index in [1.807, 2.05) is 4.90 Å². The summed E-state index contributed by atoms with van der Waals surface area (Å²) in [6.45, 7) is 3.16. The molecule has 0 aromatic carbocycles. The Morgan fingerprint density at radius 1 is 1.20 bits per heavy atom. The molecule has 2 amide bonds. The molecule has 2 rings (SSSR count). The van der Waals surface area contributed by atoms with Crippen LogP contribution in [0, 0.1) is 5.92 Å². The molecular weight excluding hydrogens is 258 g/mol. The molecule has 1 heterocycles. The fourth-order valence-corrected chi connectivity index (χ4v) is 2.49. The first kappa shape index (κ1) is 15.3. The zero-order valence-electron chi connectivity index (χ0n) is 12.2. The van der Waals surface area contributed by atoms with Crippen LogP contribution in [0.3, 0.4) is 0 Å². The zero-order chi connectivity index (χ0) is 14.4. The molecule has 6 heteroatoms. The molecule has 2 N–H and O–H groups in total. The van der Waals surface area contributed by atoms with E-state index in [1.165, 1.54) is 0 Å². The molecule has 0 atom stereocenters. The van der Waals surface area contributed by atoms with E-state index in [9.17, 15) is 9.59 Å². The lowest BCUT2D eigenvalue weighted by molar-refractivity contribution is -0.133. The minimum Gasteiger partial charge on any atom is -0.383 e. The third-order valence-corrected chi connectivity index (χ3v) is 3.87. The molecule has 6 nitrogen and oxygen atoms in total. The van der Waals surface area contributed by atoms with Gasteiger partial charge in [0.1, 0.15) is 0 Å². The summed E-state index contributed by atoms with van der Waals surface area (Å²) in [5.41, 5.74) is 0. The molecule has 1 aliphatic heterocycles. The van der Waals surface area contributed by atoms with Gasteiger partial charge < -0.3 is 20.3 Å². The third-order valence-electron chi connectivity index (χ3n) is 3.87. The molecule has 0 aromatic rings. The molecule has 1 aliphatic carbocycles. The van der Waals surface area contributed by atoms with Crippen LogP contribution in [0.2, 0.25) is 0 Å². The smallest absolute Gasteiger partial charge is 0.234 e. The van der Waals surface area contributed by atoms with Gasteiger partial charge in [0.15, 0.2) is 0 Å². The molecule has 0 unspecified atom stereocenters. The average Bonchev–Trinajstić information content (AvgIpc) is 3.28. The van der Waals surface area contributed by atoms with Gasteiger partial charge in [-0.05, 0) is 25.7 Å². The lowest BCUT2D eigenvalue weighted by atomic mass is 10.0. The van der Waals surface area contributed by atoms with Crippen LogP contribution in [0.15, 0.2) is 0 Å². The Morgan fingerprint density at radius 3 is 2.50 bits per heavy atom. The second-order valence-electron chi connectivity index (χ2n) is 5.61. The van der Waals surface area contributed by atoms with E-state index in [2.05, 4.69) is 10.6 Å². The van der Waals surface area contributed by atoms with Crippen molar-refractivity contribution in [3.63, 3.8) is 0 Å². The molecule has 0 aromatic heterocycles. The quantitative estimate of drug-likeness (QED) is 0.632. The zero-order valence-corrected chi connectivity index (χ0v) is 12.2. The minimum atomic E-state index is 0.0214. The second-order valence-corrected chi connectivity index (χ2v) is 5.61. The van der Waals surface area contributed by atoms with Gasteiger partial charge in [-0.1, -0.05) is 0 Å². The first-order chi connectivity index (χ1) is 9.70. The van der Waals surface area contributed by atoms with E-state index >= 15 is 0 Å². The molecule has 0 bridgehead atoms. The van der Waals surface area contributed by atoms with Crippen LogP contribution in [-0.2, 0) is 14.3 Å². The standard InChI is InChI=1S/C14H25N3O3/c1-20-9-6-15-10-13(18)16-12-4-7-17(8-5-12)14(19)11-2-3-11/h11-12,15H,2-10H2,1H3,(H,16,18). The number of methoxy groups -OCH3 is 1. The predicted molar refractivity (Wildman–Crippen MR) is 75.2 cm³/mol. The van der Waals surface area contributed by atoms with Crippen molar-refractivity contribution in [1.29, 1.82) is 0 Å². The summed E-state index contributed by atoms with van der Waals surface area (Å²) < 4.78 is 4.90. The Kier molecular flexibility index (Phi) is 5.79. The Morgan fingerprint density at radius 2 is 1.90 bits per heavy atom. The van der Waals surface area contributed by atoms with Gasteiger partial charge in [0.05, 0.1) is 13.2 Å². The summed E-state index contributed by atoms with van der Waals surface area (Å²) in [4.78, 5) is 25.6. The molecule has 2 aliphatic rings. The molecule has 1 saturated heterocycles. The molecule has 2 fully saturated rings. The summed E-state index contributed by atoms with van der Waals surface area (Å²) in [5.74, 6) is 0.634. The van der Waals surface area contributed by atoms with Crippen molar-refractivity contribution in [3.05, 3.63) is 0 Å². The Hall–Kier alpha value is -1.14. The summed E-state index contributed by atoms with van der Waals surface area (Å²) in [6.07, 6.45) is 3.84. The van der Waals surface area contributed by atoms with Crippen molar-refractivity contribution < 1.29 is 14.3 Å². The van der Waals surface area contributed by atoms with Crippen LogP contribution in [-0.4, -0.2) is 62.7 Å². The number of carbonyl (C=O) groups is 2. The fourth-order valence-electron chi connectivity index (χ4n) is 2.49. The number of nitrogens with one attached hydrogen (secondary N) is 2. The highest BCUT2D eigenvalue weighted by Gasteiger charge is 2.34. The van der Waals surface area contributed by atoms with Crippen LogP contribution in [0.25, 0.3) is 0 Å². The van der Waals surface area contributed by atoms with Gasteiger partial charge >= 0.3 is 0 Å². The monoisotopic (exact) mass is 283 g/mol. The second kappa shape index (κ2) is 7.59. The summed E-state index contributed by atoms with van der Waals surface area (Å²) in [6, 6.07) is 0.204. The Balaban J connectivity index is 1.58. The summed E-state index contributed by atoms with van der Waals surface area (Å²) >= 11 is 0. The average molecular weight is 283 g/mol. The summed E-state index contributed by atoms with van der Waals surface area (Å²) in [5, 5.41) is 6.04.